The Morgan fingerprint density at radius 3 is 2.68 bits per heavy atom. The van der Waals surface area contributed by atoms with Gasteiger partial charge in [0.2, 0.25) is 0 Å². The second kappa shape index (κ2) is 9.46. The van der Waals surface area contributed by atoms with E-state index in [1.54, 1.807) is 25.1 Å². The van der Waals surface area contributed by atoms with Crippen molar-refractivity contribution in [1.82, 2.24) is 16.0 Å². The standard InChI is InChI=1S/C18H23FN4O2/c1-3-20-18(23-12-14-7-6-13(2)15(19)11-14)22-9-8-21-17(24)16-5-4-10-25-16/h4-7,10-11H,3,8-9,12H2,1-2H3,(H,21,24)(H2,20,22,23). The Labute approximate surface area is 146 Å². The predicted octanol–water partition coefficient (Wildman–Crippen LogP) is 2.21. The van der Waals surface area contributed by atoms with Crippen molar-refractivity contribution in [3.63, 3.8) is 0 Å². The van der Waals surface area contributed by atoms with Gasteiger partial charge in [0.05, 0.1) is 12.8 Å². The van der Waals surface area contributed by atoms with Crippen LogP contribution in [0.2, 0.25) is 0 Å². The van der Waals surface area contributed by atoms with Crippen molar-refractivity contribution >= 4 is 11.9 Å². The number of benzene rings is 1. The predicted molar refractivity (Wildman–Crippen MR) is 95.0 cm³/mol. The van der Waals surface area contributed by atoms with Crippen LogP contribution in [0.15, 0.2) is 46.0 Å². The van der Waals surface area contributed by atoms with Gasteiger partial charge in [0, 0.05) is 19.6 Å². The molecule has 1 heterocycles. The summed E-state index contributed by atoms with van der Waals surface area (Å²) in [6.45, 7) is 5.67. The third kappa shape index (κ3) is 5.95. The Bertz CT molecular complexity index is 714. The van der Waals surface area contributed by atoms with Crippen LogP contribution in [-0.4, -0.2) is 31.5 Å². The van der Waals surface area contributed by atoms with Gasteiger partial charge in [-0.25, -0.2) is 9.38 Å². The zero-order valence-corrected chi connectivity index (χ0v) is 14.4. The van der Waals surface area contributed by atoms with Gasteiger partial charge >= 0.3 is 0 Å². The summed E-state index contributed by atoms with van der Waals surface area (Å²) in [5, 5.41) is 8.97. The molecule has 25 heavy (non-hydrogen) atoms. The molecule has 0 fully saturated rings. The highest BCUT2D eigenvalue weighted by Gasteiger charge is 2.07. The first-order valence-electron chi connectivity index (χ1n) is 8.19. The lowest BCUT2D eigenvalue weighted by Crippen LogP contribution is -2.41. The van der Waals surface area contributed by atoms with Crippen molar-refractivity contribution in [2.75, 3.05) is 19.6 Å². The topological polar surface area (TPSA) is 78.7 Å². The maximum absolute atomic E-state index is 13.6. The molecule has 0 atom stereocenters. The number of aryl methyl sites for hydroxylation is 1. The summed E-state index contributed by atoms with van der Waals surface area (Å²) in [5.41, 5.74) is 1.41. The SMILES string of the molecule is CCNC(=NCc1ccc(C)c(F)c1)NCCNC(=O)c1ccco1. The third-order valence-electron chi connectivity index (χ3n) is 3.45. The molecule has 0 bridgehead atoms. The first kappa shape index (κ1) is 18.5. The van der Waals surface area contributed by atoms with Crippen molar-refractivity contribution < 1.29 is 13.6 Å². The Balaban J connectivity index is 1.81. The average Bonchev–Trinajstić information content (AvgIpc) is 3.14. The molecule has 2 rings (SSSR count). The molecule has 0 aliphatic carbocycles. The van der Waals surface area contributed by atoms with Crippen LogP contribution in [0.5, 0.6) is 0 Å². The summed E-state index contributed by atoms with van der Waals surface area (Å²) in [4.78, 5) is 16.1. The van der Waals surface area contributed by atoms with E-state index < -0.39 is 0 Å². The van der Waals surface area contributed by atoms with E-state index in [4.69, 9.17) is 4.42 Å². The molecule has 2 aromatic rings. The van der Waals surface area contributed by atoms with Gasteiger partial charge in [-0.05, 0) is 43.2 Å². The fourth-order valence-corrected chi connectivity index (χ4v) is 2.10. The molecule has 0 spiro atoms. The number of halogens is 1. The van der Waals surface area contributed by atoms with Gasteiger partial charge in [-0.1, -0.05) is 12.1 Å². The molecule has 0 radical (unpaired) electrons. The van der Waals surface area contributed by atoms with E-state index in [0.717, 1.165) is 5.56 Å². The van der Waals surface area contributed by atoms with Crippen LogP contribution in [0.3, 0.4) is 0 Å². The Hall–Kier alpha value is -2.83. The minimum atomic E-state index is -0.260. The number of guanidine groups is 1. The summed E-state index contributed by atoms with van der Waals surface area (Å²) in [5.74, 6) is 0.396. The summed E-state index contributed by atoms with van der Waals surface area (Å²) >= 11 is 0. The van der Waals surface area contributed by atoms with E-state index in [1.165, 1.54) is 12.3 Å². The van der Waals surface area contributed by atoms with Crippen molar-refractivity contribution in [2.24, 2.45) is 4.99 Å². The van der Waals surface area contributed by atoms with Crippen LogP contribution >= 0.6 is 0 Å². The molecule has 134 valence electrons. The van der Waals surface area contributed by atoms with Crippen LogP contribution in [0, 0.1) is 12.7 Å². The third-order valence-corrected chi connectivity index (χ3v) is 3.45. The lowest BCUT2D eigenvalue weighted by atomic mass is 10.1. The summed E-state index contributed by atoms with van der Waals surface area (Å²) < 4.78 is 18.6. The number of nitrogens with zero attached hydrogens (tertiary/aromatic N) is 1. The van der Waals surface area contributed by atoms with Gasteiger partial charge in [0.1, 0.15) is 5.82 Å². The van der Waals surface area contributed by atoms with Crippen molar-refractivity contribution in [1.29, 1.82) is 0 Å². The smallest absolute Gasteiger partial charge is 0.287 e. The molecule has 0 saturated heterocycles. The first-order chi connectivity index (χ1) is 12.1. The normalized spacial score (nSPS) is 11.2. The monoisotopic (exact) mass is 346 g/mol. The molecule has 1 aromatic heterocycles. The lowest BCUT2D eigenvalue weighted by Gasteiger charge is -2.11. The van der Waals surface area contributed by atoms with Gasteiger partial charge in [-0.2, -0.15) is 0 Å². The van der Waals surface area contributed by atoms with E-state index in [2.05, 4.69) is 20.9 Å². The number of carbonyl (C=O) groups is 1. The molecule has 1 amide bonds. The molecule has 1 aromatic carbocycles. The zero-order valence-electron chi connectivity index (χ0n) is 14.4. The minimum Gasteiger partial charge on any atom is -0.459 e. The van der Waals surface area contributed by atoms with E-state index >= 15 is 0 Å². The second-order valence-electron chi connectivity index (χ2n) is 5.44. The van der Waals surface area contributed by atoms with Crippen LogP contribution in [0.4, 0.5) is 4.39 Å². The molecule has 3 N–H and O–H groups in total. The van der Waals surface area contributed by atoms with Gasteiger partial charge in [-0.3, -0.25) is 4.79 Å². The largest absolute Gasteiger partial charge is 0.459 e. The van der Waals surface area contributed by atoms with Gasteiger partial charge in [-0.15, -0.1) is 0 Å². The number of hydrogen-bond acceptors (Lipinski definition) is 3. The first-order valence-corrected chi connectivity index (χ1v) is 8.19. The maximum Gasteiger partial charge on any atom is 0.287 e. The Kier molecular flexibility index (Phi) is 7.00. The number of amides is 1. The molecular formula is C18H23FN4O2. The Morgan fingerprint density at radius 1 is 1.20 bits per heavy atom. The van der Waals surface area contributed by atoms with Crippen LogP contribution < -0.4 is 16.0 Å². The van der Waals surface area contributed by atoms with Crippen molar-refractivity contribution in [3.05, 3.63) is 59.3 Å². The summed E-state index contributed by atoms with van der Waals surface area (Å²) in [6, 6.07) is 8.36. The van der Waals surface area contributed by atoms with E-state index in [1.807, 2.05) is 13.0 Å². The van der Waals surface area contributed by atoms with Crippen molar-refractivity contribution in [3.8, 4) is 0 Å². The minimum absolute atomic E-state index is 0.230. The fourth-order valence-electron chi connectivity index (χ4n) is 2.10. The number of aliphatic imine (C=N–C) groups is 1. The fraction of sp³-hybridized carbons (Fsp3) is 0.333. The second-order valence-corrected chi connectivity index (χ2v) is 5.44. The number of carbonyl (C=O) groups excluding carboxylic acids is 1. The van der Waals surface area contributed by atoms with E-state index in [0.29, 0.717) is 37.7 Å². The molecule has 0 saturated carbocycles. The van der Waals surface area contributed by atoms with Crippen molar-refractivity contribution in [2.45, 2.75) is 20.4 Å². The molecule has 0 unspecified atom stereocenters. The van der Waals surface area contributed by atoms with Gasteiger partial charge in [0.25, 0.3) is 5.91 Å². The average molecular weight is 346 g/mol. The van der Waals surface area contributed by atoms with Crippen LogP contribution in [-0.2, 0) is 6.54 Å². The van der Waals surface area contributed by atoms with Gasteiger partial charge < -0.3 is 20.4 Å². The molecule has 0 aliphatic rings. The maximum atomic E-state index is 13.6. The molecule has 0 aliphatic heterocycles. The molecule has 6 nitrogen and oxygen atoms in total. The van der Waals surface area contributed by atoms with Gasteiger partial charge in [0.15, 0.2) is 11.7 Å². The highest BCUT2D eigenvalue weighted by Crippen LogP contribution is 2.09. The molecular weight excluding hydrogens is 323 g/mol. The highest BCUT2D eigenvalue weighted by molar-refractivity contribution is 5.91. The number of hydrogen-bond donors (Lipinski definition) is 3. The summed E-state index contributed by atoms with van der Waals surface area (Å²) in [6.07, 6.45) is 1.46. The number of rotatable bonds is 7. The Morgan fingerprint density at radius 2 is 2.00 bits per heavy atom. The zero-order chi connectivity index (χ0) is 18.1. The highest BCUT2D eigenvalue weighted by atomic mass is 19.1. The van der Waals surface area contributed by atoms with E-state index in [9.17, 15) is 9.18 Å². The van der Waals surface area contributed by atoms with Crippen LogP contribution in [0.25, 0.3) is 0 Å². The quantitative estimate of drug-likeness (QED) is 0.408. The lowest BCUT2D eigenvalue weighted by molar-refractivity contribution is 0.0926. The number of nitrogens with one attached hydrogen (secondary N) is 3. The van der Waals surface area contributed by atoms with Crippen LogP contribution in [0.1, 0.15) is 28.6 Å². The number of furan rings is 1. The molecule has 7 heteroatoms. The van der Waals surface area contributed by atoms with E-state index in [-0.39, 0.29) is 17.5 Å². The summed E-state index contributed by atoms with van der Waals surface area (Å²) in [7, 11) is 0.